The molecule has 4 nitrogen and oxygen atoms in total. The molecule has 1 saturated heterocycles. The first-order chi connectivity index (χ1) is 7.77. The molecule has 92 valence electrons. The van der Waals surface area contributed by atoms with Crippen LogP contribution in [0.3, 0.4) is 0 Å². The number of rotatable bonds is 3. The maximum Gasteiger partial charge on any atom is 0.224 e. The number of hydrogen-bond donors (Lipinski definition) is 3. The molecule has 0 aromatic rings. The van der Waals surface area contributed by atoms with Crippen molar-refractivity contribution in [2.75, 3.05) is 19.6 Å². The lowest BCUT2D eigenvalue weighted by Gasteiger charge is -2.23. The summed E-state index contributed by atoms with van der Waals surface area (Å²) in [5, 5.41) is 15.9. The van der Waals surface area contributed by atoms with Crippen molar-refractivity contribution in [2.45, 2.75) is 38.2 Å². The van der Waals surface area contributed by atoms with E-state index in [0.717, 1.165) is 45.2 Å². The lowest BCUT2D eigenvalue weighted by Crippen LogP contribution is -2.42. The van der Waals surface area contributed by atoms with E-state index in [1.165, 1.54) is 0 Å². The number of nitrogens with one attached hydrogen (secondary N) is 2. The van der Waals surface area contributed by atoms with Crippen LogP contribution in [0.5, 0.6) is 0 Å². The SMILES string of the molecule is O=C(NCC1CCCC1O)[C@@H]1CCCNC1. The summed E-state index contributed by atoms with van der Waals surface area (Å²) in [5.74, 6) is 0.569. The van der Waals surface area contributed by atoms with Gasteiger partial charge in [0, 0.05) is 19.0 Å². The molecule has 0 radical (unpaired) electrons. The average molecular weight is 226 g/mol. The molecule has 3 N–H and O–H groups in total. The molecule has 3 atom stereocenters. The van der Waals surface area contributed by atoms with Gasteiger partial charge in [0.15, 0.2) is 0 Å². The Morgan fingerprint density at radius 2 is 2.19 bits per heavy atom. The van der Waals surface area contributed by atoms with Crippen molar-refractivity contribution >= 4 is 5.91 Å². The van der Waals surface area contributed by atoms with E-state index >= 15 is 0 Å². The molecule has 1 aliphatic carbocycles. The Balaban J connectivity index is 1.70. The Hall–Kier alpha value is -0.610. The monoisotopic (exact) mass is 226 g/mol. The zero-order chi connectivity index (χ0) is 11.4. The highest BCUT2D eigenvalue weighted by molar-refractivity contribution is 5.78. The Morgan fingerprint density at radius 3 is 2.81 bits per heavy atom. The molecule has 1 aliphatic heterocycles. The van der Waals surface area contributed by atoms with Gasteiger partial charge in [0.25, 0.3) is 0 Å². The topological polar surface area (TPSA) is 61.4 Å². The predicted molar refractivity (Wildman–Crippen MR) is 62.0 cm³/mol. The van der Waals surface area contributed by atoms with Crippen LogP contribution in [-0.2, 0) is 4.79 Å². The van der Waals surface area contributed by atoms with Gasteiger partial charge in [-0.1, -0.05) is 6.42 Å². The highest BCUT2D eigenvalue weighted by Gasteiger charge is 2.27. The molecule has 2 fully saturated rings. The fourth-order valence-electron chi connectivity index (χ4n) is 2.71. The molecular weight excluding hydrogens is 204 g/mol. The van der Waals surface area contributed by atoms with Gasteiger partial charge in [0.2, 0.25) is 5.91 Å². The lowest BCUT2D eigenvalue weighted by atomic mass is 9.98. The maximum atomic E-state index is 11.8. The van der Waals surface area contributed by atoms with E-state index in [1.54, 1.807) is 0 Å². The largest absolute Gasteiger partial charge is 0.393 e. The van der Waals surface area contributed by atoms with Crippen molar-refractivity contribution in [1.82, 2.24) is 10.6 Å². The standard InChI is InChI=1S/C12H22N2O2/c15-11-5-1-3-9(11)8-14-12(16)10-4-2-6-13-7-10/h9-11,13,15H,1-8H2,(H,14,16)/t9?,10-,11?/m1/s1. The fraction of sp³-hybridized carbons (Fsp3) is 0.917. The van der Waals surface area contributed by atoms with Crippen molar-refractivity contribution < 1.29 is 9.90 Å². The van der Waals surface area contributed by atoms with Crippen LogP contribution in [0.4, 0.5) is 0 Å². The summed E-state index contributed by atoms with van der Waals surface area (Å²) in [4.78, 5) is 11.8. The van der Waals surface area contributed by atoms with Gasteiger partial charge in [-0.25, -0.2) is 0 Å². The number of amides is 1. The summed E-state index contributed by atoms with van der Waals surface area (Å²) in [5.41, 5.74) is 0. The quantitative estimate of drug-likeness (QED) is 0.647. The second-order valence-electron chi connectivity index (χ2n) is 5.05. The van der Waals surface area contributed by atoms with Crippen molar-refractivity contribution in [2.24, 2.45) is 11.8 Å². The van der Waals surface area contributed by atoms with E-state index in [1.807, 2.05) is 0 Å². The van der Waals surface area contributed by atoms with Gasteiger partial charge in [-0.15, -0.1) is 0 Å². The summed E-state index contributed by atoms with van der Waals surface area (Å²) in [7, 11) is 0. The third-order valence-corrected chi connectivity index (χ3v) is 3.83. The third kappa shape index (κ3) is 2.95. The molecule has 16 heavy (non-hydrogen) atoms. The molecule has 4 heteroatoms. The summed E-state index contributed by atoms with van der Waals surface area (Å²) in [6.07, 6.45) is 4.91. The smallest absolute Gasteiger partial charge is 0.224 e. The van der Waals surface area contributed by atoms with Crippen molar-refractivity contribution in [3.63, 3.8) is 0 Å². The molecule has 2 unspecified atom stereocenters. The van der Waals surface area contributed by atoms with E-state index < -0.39 is 0 Å². The summed E-state index contributed by atoms with van der Waals surface area (Å²) in [6, 6.07) is 0. The van der Waals surface area contributed by atoms with Crippen molar-refractivity contribution in [3.8, 4) is 0 Å². The lowest BCUT2D eigenvalue weighted by molar-refractivity contribution is -0.125. The van der Waals surface area contributed by atoms with Gasteiger partial charge in [-0.2, -0.15) is 0 Å². The highest BCUT2D eigenvalue weighted by Crippen LogP contribution is 2.24. The van der Waals surface area contributed by atoms with Gasteiger partial charge in [-0.05, 0) is 32.2 Å². The van der Waals surface area contributed by atoms with Crippen LogP contribution < -0.4 is 10.6 Å². The summed E-state index contributed by atoms with van der Waals surface area (Å²) >= 11 is 0. The molecule has 0 aromatic carbocycles. The number of aliphatic hydroxyl groups is 1. The van der Waals surface area contributed by atoms with Gasteiger partial charge < -0.3 is 15.7 Å². The Labute approximate surface area is 96.8 Å². The van der Waals surface area contributed by atoms with E-state index in [2.05, 4.69) is 10.6 Å². The Bertz CT molecular complexity index is 239. The highest BCUT2D eigenvalue weighted by atomic mass is 16.3. The van der Waals surface area contributed by atoms with Crippen LogP contribution in [-0.4, -0.2) is 36.8 Å². The van der Waals surface area contributed by atoms with E-state index in [-0.39, 0.29) is 23.8 Å². The molecule has 0 bridgehead atoms. The predicted octanol–water partition coefficient (Wildman–Crippen LogP) is 0.263. The molecule has 1 amide bonds. The number of piperidine rings is 1. The van der Waals surface area contributed by atoms with Gasteiger partial charge >= 0.3 is 0 Å². The zero-order valence-electron chi connectivity index (χ0n) is 9.74. The molecule has 1 heterocycles. The minimum atomic E-state index is -0.204. The second kappa shape index (κ2) is 5.64. The van der Waals surface area contributed by atoms with E-state index in [0.29, 0.717) is 6.54 Å². The van der Waals surface area contributed by atoms with Crippen molar-refractivity contribution in [3.05, 3.63) is 0 Å². The zero-order valence-corrected chi connectivity index (χ0v) is 9.74. The average Bonchev–Trinajstić information content (AvgIpc) is 2.73. The Morgan fingerprint density at radius 1 is 1.31 bits per heavy atom. The van der Waals surface area contributed by atoms with Crippen LogP contribution in [0.25, 0.3) is 0 Å². The normalized spacial score (nSPS) is 34.9. The molecular formula is C12H22N2O2. The minimum absolute atomic E-state index is 0.132. The van der Waals surface area contributed by atoms with Crippen LogP contribution in [0.1, 0.15) is 32.1 Å². The molecule has 1 saturated carbocycles. The molecule has 2 aliphatic rings. The van der Waals surface area contributed by atoms with Crippen LogP contribution in [0, 0.1) is 11.8 Å². The summed E-state index contributed by atoms with van der Waals surface area (Å²) < 4.78 is 0. The van der Waals surface area contributed by atoms with E-state index in [9.17, 15) is 9.90 Å². The van der Waals surface area contributed by atoms with Crippen LogP contribution in [0.2, 0.25) is 0 Å². The van der Waals surface area contributed by atoms with Gasteiger partial charge in [-0.3, -0.25) is 4.79 Å². The van der Waals surface area contributed by atoms with Gasteiger partial charge in [0.05, 0.1) is 12.0 Å². The molecule has 0 spiro atoms. The van der Waals surface area contributed by atoms with Crippen molar-refractivity contribution in [1.29, 1.82) is 0 Å². The number of carbonyl (C=O) groups excluding carboxylic acids is 1. The number of hydrogen-bond acceptors (Lipinski definition) is 3. The van der Waals surface area contributed by atoms with E-state index in [4.69, 9.17) is 0 Å². The van der Waals surface area contributed by atoms with Gasteiger partial charge in [0.1, 0.15) is 0 Å². The first kappa shape index (κ1) is 11.9. The fourth-order valence-corrected chi connectivity index (χ4v) is 2.71. The first-order valence-electron chi connectivity index (χ1n) is 6.44. The third-order valence-electron chi connectivity index (χ3n) is 3.83. The molecule has 2 rings (SSSR count). The first-order valence-corrected chi connectivity index (χ1v) is 6.44. The second-order valence-corrected chi connectivity index (χ2v) is 5.05. The minimum Gasteiger partial charge on any atom is -0.393 e. The number of carbonyl (C=O) groups is 1. The molecule has 0 aromatic heterocycles. The van der Waals surface area contributed by atoms with Crippen LogP contribution >= 0.6 is 0 Å². The number of aliphatic hydroxyl groups excluding tert-OH is 1. The summed E-state index contributed by atoms with van der Waals surface area (Å²) in [6.45, 7) is 2.49. The van der Waals surface area contributed by atoms with Crippen LogP contribution in [0.15, 0.2) is 0 Å². The maximum absolute atomic E-state index is 11.8. The Kier molecular flexibility index (Phi) is 4.18.